The smallest absolute Gasteiger partial charge is 0.254 e. The van der Waals surface area contributed by atoms with Crippen LogP contribution in [0.1, 0.15) is 42.7 Å². The fourth-order valence-corrected chi connectivity index (χ4v) is 2.51. The van der Waals surface area contributed by atoms with Crippen LogP contribution in [-0.4, -0.2) is 34.3 Å². The van der Waals surface area contributed by atoms with Crippen molar-refractivity contribution in [3.8, 4) is 0 Å². The van der Waals surface area contributed by atoms with Gasteiger partial charge in [0, 0.05) is 25.3 Å². The molecule has 0 bridgehead atoms. The first-order valence-electron chi connectivity index (χ1n) is 6.67. The Kier molecular flexibility index (Phi) is 4.01. The molecule has 2 heterocycles. The Balaban J connectivity index is 2.02. The van der Waals surface area contributed by atoms with Crippen molar-refractivity contribution in [1.29, 1.82) is 0 Å². The highest BCUT2D eigenvalue weighted by Crippen LogP contribution is 2.11. The molecule has 2 atom stereocenters. The third kappa shape index (κ3) is 2.90. The molecule has 2 rings (SSSR count). The number of carbonyl (C=O) groups is 1. The largest absolute Gasteiger partial charge is 0.349 e. The van der Waals surface area contributed by atoms with Gasteiger partial charge in [0.1, 0.15) is 0 Å². The molecule has 0 radical (unpaired) electrons. The van der Waals surface area contributed by atoms with E-state index < -0.39 is 0 Å². The fourth-order valence-electron chi connectivity index (χ4n) is 2.51. The number of aromatic nitrogens is 2. The van der Waals surface area contributed by atoms with E-state index in [1.807, 2.05) is 14.0 Å². The zero-order valence-corrected chi connectivity index (χ0v) is 11.4. The average Bonchev–Trinajstić information content (AvgIpc) is 2.70. The van der Waals surface area contributed by atoms with Gasteiger partial charge in [-0.3, -0.25) is 9.48 Å². The summed E-state index contributed by atoms with van der Waals surface area (Å²) in [5.41, 5.74) is 1.59. The third-order valence-electron chi connectivity index (χ3n) is 3.44. The van der Waals surface area contributed by atoms with Crippen molar-refractivity contribution in [2.45, 2.75) is 45.2 Å². The van der Waals surface area contributed by atoms with Gasteiger partial charge in [-0.1, -0.05) is 6.92 Å². The lowest BCUT2D eigenvalue weighted by atomic mass is 10.0. The van der Waals surface area contributed by atoms with Crippen LogP contribution in [0.25, 0.3) is 0 Å². The van der Waals surface area contributed by atoms with Gasteiger partial charge in [-0.15, -0.1) is 0 Å². The van der Waals surface area contributed by atoms with Crippen LogP contribution in [0.3, 0.4) is 0 Å². The summed E-state index contributed by atoms with van der Waals surface area (Å²) in [7, 11) is 1.85. The van der Waals surface area contributed by atoms with Crippen LogP contribution in [0.15, 0.2) is 6.20 Å². The van der Waals surface area contributed by atoms with Crippen LogP contribution in [0.2, 0.25) is 0 Å². The molecule has 0 spiro atoms. The van der Waals surface area contributed by atoms with E-state index in [0.717, 1.165) is 31.5 Å². The van der Waals surface area contributed by atoms with Gasteiger partial charge in [0.25, 0.3) is 5.91 Å². The zero-order valence-electron chi connectivity index (χ0n) is 11.4. The van der Waals surface area contributed by atoms with Crippen molar-refractivity contribution in [2.75, 3.05) is 6.54 Å². The summed E-state index contributed by atoms with van der Waals surface area (Å²) >= 11 is 0. The SMILES string of the molecule is CCc1nn(C)cc1C(=O)NC1CCNC(C)C1. The van der Waals surface area contributed by atoms with Gasteiger partial charge in [0.15, 0.2) is 0 Å². The van der Waals surface area contributed by atoms with Gasteiger partial charge < -0.3 is 10.6 Å². The molecule has 2 N–H and O–H groups in total. The molecule has 1 saturated heterocycles. The minimum absolute atomic E-state index is 0.0130. The molecule has 18 heavy (non-hydrogen) atoms. The van der Waals surface area contributed by atoms with Gasteiger partial charge in [-0.25, -0.2) is 0 Å². The van der Waals surface area contributed by atoms with Crippen molar-refractivity contribution in [3.63, 3.8) is 0 Å². The van der Waals surface area contributed by atoms with E-state index in [1.165, 1.54) is 0 Å². The number of aryl methyl sites for hydroxylation is 2. The van der Waals surface area contributed by atoms with E-state index in [4.69, 9.17) is 0 Å². The topological polar surface area (TPSA) is 59.0 Å². The zero-order chi connectivity index (χ0) is 13.1. The molecule has 1 aliphatic heterocycles. The second kappa shape index (κ2) is 5.52. The van der Waals surface area contributed by atoms with Crippen molar-refractivity contribution >= 4 is 5.91 Å². The van der Waals surface area contributed by atoms with Gasteiger partial charge in [0.05, 0.1) is 11.3 Å². The van der Waals surface area contributed by atoms with Gasteiger partial charge in [-0.05, 0) is 32.7 Å². The quantitative estimate of drug-likeness (QED) is 0.836. The maximum absolute atomic E-state index is 12.2. The molecule has 100 valence electrons. The van der Waals surface area contributed by atoms with Crippen molar-refractivity contribution in [2.24, 2.45) is 7.05 Å². The monoisotopic (exact) mass is 250 g/mol. The molecular weight excluding hydrogens is 228 g/mol. The van der Waals surface area contributed by atoms with Crippen molar-refractivity contribution < 1.29 is 4.79 Å². The molecule has 0 saturated carbocycles. The molecule has 1 aromatic heterocycles. The Morgan fingerprint density at radius 3 is 3.11 bits per heavy atom. The van der Waals surface area contributed by atoms with E-state index >= 15 is 0 Å². The number of hydrogen-bond acceptors (Lipinski definition) is 3. The van der Waals surface area contributed by atoms with E-state index in [0.29, 0.717) is 11.6 Å². The highest BCUT2D eigenvalue weighted by atomic mass is 16.1. The molecule has 0 aromatic carbocycles. The van der Waals surface area contributed by atoms with Crippen LogP contribution in [0.5, 0.6) is 0 Å². The van der Waals surface area contributed by atoms with Crippen molar-refractivity contribution in [1.82, 2.24) is 20.4 Å². The highest BCUT2D eigenvalue weighted by molar-refractivity contribution is 5.95. The number of nitrogens with one attached hydrogen (secondary N) is 2. The van der Waals surface area contributed by atoms with Gasteiger partial charge >= 0.3 is 0 Å². The lowest BCUT2D eigenvalue weighted by Gasteiger charge is -2.28. The lowest BCUT2D eigenvalue weighted by Crippen LogP contribution is -2.46. The predicted octanol–water partition coefficient (Wildman–Crippen LogP) is 0.853. The molecule has 1 fully saturated rings. The summed E-state index contributed by atoms with van der Waals surface area (Å²) in [6, 6.07) is 0.752. The summed E-state index contributed by atoms with van der Waals surface area (Å²) < 4.78 is 1.71. The normalized spacial score (nSPS) is 23.9. The predicted molar refractivity (Wildman–Crippen MR) is 70.5 cm³/mol. The third-order valence-corrected chi connectivity index (χ3v) is 3.44. The molecule has 1 aromatic rings. The Bertz CT molecular complexity index is 427. The maximum Gasteiger partial charge on any atom is 0.254 e. The Labute approximate surface area is 108 Å². The first-order valence-corrected chi connectivity index (χ1v) is 6.67. The Morgan fingerprint density at radius 2 is 2.44 bits per heavy atom. The second-order valence-electron chi connectivity index (χ2n) is 5.07. The highest BCUT2D eigenvalue weighted by Gasteiger charge is 2.22. The minimum Gasteiger partial charge on any atom is -0.349 e. The number of rotatable bonds is 3. The van der Waals surface area contributed by atoms with E-state index in [-0.39, 0.29) is 11.9 Å². The molecule has 0 aliphatic carbocycles. The number of carbonyl (C=O) groups excluding carboxylic acids is 1. The number of amides is 1. The van der Waals surface area contributed by atoms with E-state index in [9.17, 15) is 4.79 Å². The standard InChI is InChI=1S/C13H22N4O/c1-4-12-11(8-17(3)16-12)13(18)15-10-5-6-14-9(2)7-10/h8-10,14H,4-7H2,1-3H3,(H,15,18). The van der Waals surface area contributed by atoms with Crippen LogP contribution >= 0.6 is 0 Å². The van der Waals surface area contributed by atoms with Gasteiger partial charge in [-0.2, -0.15) is 5.10 Å². The van der Waals surface area contributed by atoms with E-state index in [2.05, 4.69) is 22.7 Å². The van der Waals surface area contributed by atoms with Crippen molar-refractivity contribution in [3.05, 3.63) is 17.5 Å². The van der Waals surface area contributed by atoms with Crippen LogP contribution in [-0.2, 0) is 13.5 Å². The van der Waals surface area contributed by atoms with E-state index in [1.54, 1.807) is 10.9 Å². The first-order chi connectivity index (χ1) is 8.60. The molecule has 2 unspecified atom stereocenters. The van der Waals surface area contributed by atoms with Crippen LogP contribution in [0.4, 0.5) is 0 Å². The fraction of sp³-hybridized carbons (Fsp3) is 0.692. The first kappa shape index (κ1) is 13.1. The molecule has 1 amide bonds. The summed E-state index contributed by atoms with van der Waals surface area (Å²) in [4.78, 5) is 12.2. The van der Waals surface area contributed by atoms with Crippen LogP contribution in [0, 0.1) is 0 Å². The number of hydrogen-bond donors (Lipinski definition) is 2. The molecule has 5 nitrogen and oxygen atoms in total. The number of nitrogens with zero attached hydrogens (tertiary/aromatic N) is 2. The Hall–Kier alpha value is -1.36. The van der Waals surface area contributed by atoms with Gasteiger partial charge in [0.2, 0.25) is 0 Å². The summed E-state index contributed by atoms with van der Waals surface area (Å²) in [6.07, 6.45) is 4.58. The molecule has 5 heteroatoms. The second-order valence-corrected chi connectivity index (χ2v) is 5.07. The molecular formula is C13H22N4O. The minimum atomic E-state index is 0.0130. The lowest BCUT2D eigenvalue weighted by molar-refractivity contribution is 0.0924. The molecule has 1 aliphatic rings. The summed E-state index contributed by atoms with van der Waals surface area (Å²) in [5, 5.41) is 10.8. The summed E-state index contributed by atoms with van der Waals surface area (Å²) in [5.74, 6) is 0.0130. The average molecular weight is 250 g/mol. The summed E-state index contributed by atoms with van der Waals surface area (Å²) in [6.45, 7) is 5.14. The Morgan fingerprint density at radius 1 is 1.67 bits per heavy atom. The number of piperidine rings is 1. The van der Waals surface area contributed by atoms with Crippen LogP contribution < -0.4 is 10.6 Å². The maximum atomic E-state index is 12.2.